The minimum atomic E-state index is -0.426. The van der Waals surface area contributed by atoms with E-state index >= 15 is 0 Å². The Bertz CT molecular complexity index is 172. The van der Waals surface area contributed by atoms with Gasteiger partial charge in [0.25, 0.3) is 0 Å². The molecule has 0 N–H and O–H groups in total. The number of rotatable bonds is 8. The van der Waals surface area contributed by atoms with Gasteiger partial charge in [0, 0.05) is 0 Å². The molecule has 0 aliphatic heterocycles. The molecule has 0 aromatic carbocycles. The molecule has 6 heteroatoms. The van der Waals surface area contributed by atoms with E-state index < -0.39 is 5.97 Å². The van der Waals surface area contributed by atoms with Crippen LogP contribution in [0, 0.1) is 0 Å². The van der Waals surface area contributed by atoms with E-state index in [9.17, 15) is 9.59 Å². The largest absolute Gasteiger partial charge is 0.469 e. The van der Waals surface area contributed by atoms with Gasteiger partial charge < -0.3 is 18.9 Å². The predicted octanol–water partition coefficient (Wildman–Crippen LogP) is 0.392. The number of hydrogen-bond acceptors (Lipinski definition) is 6. The highest BCUT2D eigenvalue weighted by Crippen LogP contribution is 1.87. The second kappa shape index (κ2) is 11.9. The summed E-state index contributed by atoms with van der Waals surface area (Å²) in [6.07, 6.45) is 0.216. The van der Waals surface area contributed by atoms with Gasteiger partial charge in [0.05, 0.1) is 40.5 Å². The van der Waals surface area contributed by atoms with Gasteiger partial charge in [-0.15, -0.1) is 0 Å². The molecular weight excluding hydrogens is 216 g/mol. The highest BCUT2D eigenvalue weighted by molar-refractivity contribution is 5.70. The molecule has 0 unspecified atom stereocenters. The van der Waals surface area contributed by atoms with Gasteiger partial charge in [0.2, 0.25) is 0 Å². The van der Waals surface area contributed by atoms with E-state index in [0.717, 1.165) is 0 Å². The smallest absolute Gasteiger partial charge is 0.331 e. The van der Waals surface area contributed by atoms with E-state index in [1.165, 1.54) is 14.2 Å². The quantitative estimate of drug-likeness (QED) is 0.448. The van der Waals surface area contributed by atoms with Crippen molar-refractivity contribution in [2.45, 2.75) is 13.8 Å². The van der Waals surface area contributed by atoms with Crippen molar-refractivity contribution in [1.82, 2.24) is 0 Å². The molecule has 0 bridgehead atoms. The molecular formula is C10H20O6. The fourth-order valence-electron chi connectivity index (χ4n) is 0.692. The van der Waals surface area contributed by atoms with Crippen LogP contribution in [0.3, 0.4) is 0 Å². The van der Waals surface area contributed by atoms with Crippen LogP contribution < -0.4 is 0 Å². The van der Waals surface area contributed by atoms with Gasteiger partial charge in [-0.1, -0.05) is 7.43 Å². The number of esters is 2. The van der Waals surface area contributed by atoms with Crippen molar-refractivity contribution in [1.29, 1.82) is 0 Å². The van der Waals surface area contributed by atoms with Crippen LogP contribution in [0.15, 0.2) is 0 Å². The van der Waals surface area contributed by atoms with E-state index in [4.69, 9.17) is 9.47 Å². The minimum Gasteiger partial charge on any atom is -0.469 e. The molecule has 0 saturated heterocycles. The van der Waals surface area contributed by atoms with Gasteiger partial charge in [0.15, 0.2) is 0 Å². The monoisotopic (exact) mass is 236 g/mol. The summed E-state index contributed by atoms with van der Waals surface area (Å²) in [7, 11) is 2.61. The molecule has 0 aliphatic rings. The third-order valence-electron chi connectivity index (χ3n) is 1.50. The molecule has 0 atom stereocenters. The van der Waals surface area contributed by atoms with E-state index in [-0.39, 0.29) is 39.6 Å². The number of hydrogen-bond donors (Lipinski definition) is 0. The SMILES string of the molecule is C.COC(=O)CCOCCOCC(=O)OC. The summed E-state index contributed by atoms with van der Waals surface area (Å²) in [6, 6.07) is 0. The first kappa shape index (κ1) is 17.3. The van der Waals surface area contributed by atoms with Gasteiger partial charge >= 0.3 is 11.9 Å². The van der Waals surface area contributed by atoms with Crippen molar-refractivity contribution in [2.75, 3.05) is 40.6 Å². The first-order valence-corrected chi connectivity index (χ1v) is 4.49. The van der Waals surface area contributed by atoms with Gasteiger partial charge in [-0.05, 0) is 0 Å². The molecule has 0 fully saturated rings. The third kappa shape index (κ3) is 10.9. The van der Waals surface area contributed by atoms with Gasteiger partial charge in [-0.3, -0.25) is 4.79 Å². The Labute approximate surface area is 95.8 Å². The standard InChI is InChI=1S/C9H16O6.CH4/c1-12-8(10)3-4-14-5-6-15-7-9(11)13-2;/h3-7H2,1-2H3;1H4. The van der Waals surface area contributed by atoms with E-state index in [1.54, 1.807) is 0 Å². The Balaban J connectivity index is 0. The van der Waals surface area contributed by atoms with Crippen LogP contribution in [0.25, 0.3) is 0 Å². The highest BCUT2D eigenvalue weighted by Gasteiger charge is 2.00. The molecule has 0 amide bonds. The molecule has 0 aromatic heterocycles. The lowest BCUT2D eigenvalue weighted by Crippen LogP contribution is -2.14. The van der Waals surface area contributed by atoms with Crippen molar-refractivity contribution >= 4 is 11.9 Å². The summed E-state index contributed by atoms with van der Waals surface area (Å²) in [5, 5.41) is 0. The van der Waals surface area contributed by atoms with E-state index in [1.807, 2.05) is 0 Å². The lowest BCUT2D eigenvalue weighted by molar-refractivity contribution is -0.146. The van der Waals surface area contributed by atoms with Crippen molar-refractivity contribution in [3.63, 3.8) is 0 Å². The molecule has 0 aromatic rings. The highest BCUT2D eigenvalue weighted by atomic mass is 16.6. The maximum atomic E-state index is 10.6. The number of carbonyl (C=O) groups excluding carboxylic acids is 2. The van der Waals surface area contributed by atoms with Crippen molar-refractivity contribution < 1.29 is 28.5 Å². The Morgan fingerprint density at radius 3 is 2.00 bits per heavy atom. The topological polar surface area (TPSA) is 71.1 Å². The molecule has 16 heavy (non-hydrogen) atoms. The van der Waals surface area contributed by atoms with Crippen LogP contribution in [0.5, 0.6) is 0 Å². The maximum Gasteiger partial charge on any atom is 0.331 e. The van der Waals surface area contributed by atoms with Crippen molar-refractivity contribution in [2.24, 2.45) is 0 Å². The molecule has 0 heterocycles. The van der Waals surface area contributed by atoms with Gasteiger partial charge in [0.1, 0.15) is 6.61 Å². The van der Waals surface area contributed by atoms with Crippen molar-refractivity contribution in [3.8, 4) is 0 Å². The Morgan fingerprint density at radius 1 is 0.875 bits per heavy atom. The lowest BCUT2D eigenvalue weighted by atomic mass is 10.5. The minimum absolute atomic E-state index is 0. The summed E-state index contributed by atoms with van der Waals surface area (Å²) >= 11 is 0. The van der Waals surface area contributed by atoms with E-state index in [2.05, 4.69) is 9.47 Å². The molecule has 0 saturated carbocycles. The third-order valence-corrected chi connectivity index (χ3v) is 1.50. The summed E-state index contributed by atoms with van der Waals surface area (Å²) in [6.45, 7) is 0.815. The lowest BCUT2D eigenvalue weighted by Gasteiger charge is -2.04. The Hall–Kier alpha value is -1.14. The zero-order valence-corrected chi connectivity index (χ0v) is 8.99. The molecule has 6 nitrogen and oxygen atoms in total. The fraction of sp³-hybridized carbons (Fsp3) is 0.800. The second-order valence-corrected chi connectivity index (χ2v) is 2.57. The van der Waals surface area contributed by atoms with Crippen LogP contribution in [-0.4, -0.2) is 52.6 Å². The number of carbonyl (C=O) groups is 2. The van der Waals surface area contributed by atoms with Gasteiger partial charge in [-0.25, -0.2) is 4.79 Å². The molecule has 0 radical (unpaired) electrons. The molecule has 0 rings (SSSR count). The van der Waals surface area contributed by atoms with Gasteiger partial charge in [-0.2, -0.15) is 0 Å². The number of methoxy groups -OCH3 is 2. The van der Waals surface area contributed by atoms with Crippen LogP contribution in [0.4, 0.5) is 0 Å². The average Bonchev–Trinajstić information content (AvgIpc) is 2.26. The summed E-state index contributed by atoms with van der Waals surface area (Å²) < 4.78 is 18.7. The Morgan fingerprint density at radius 2 is 1.44 bits per heavy atom. The van der Waals surface area contributed by atoms with Crippen LogP contribution in [0.2, 0.25) is 0 Å². The first-order valence-electron chi connectivity index (χ1n) is 4.49. The second-order valence-electron chi connectivity index (χ2n) is 2.57. The zero-order valence-electron chi connectivity index (χ0n) is 8.99. The average molecular weight is 236 g/mol. The normalized spacial score (nSPS) is 9.12. The van der Waals surface area contributed by atoms with Crippen LogP contribution >= 0.6 is 0 Å². The molecule has 0 spiro atoms. The Kier molecular flexibility index (Phi) is 12.9. The number of ether oxygens (including phenoxy) is 4. The van der Waals surface area contributed by atoms with Crippen LogP contribution in [-0.2, 0) is 28.5 Å². The maximum absolute atomic E-state index is 10.6. The van der Waals surface area contributed by atoms with E-state index in [0.29, 0.717) is 6.61 Å². The zero-order chi connectivity index (χ0) is 11.5. The summed E-state index contributed by atoms with van der Waals surface area (Å²) in [4.78, 5) is 21.2. The molecule has 0 aliphatic carbocycles. The first-order chi connectivity index (χ1) is 7.20. The predicted molar refractivity (Wildman–Crippen MR) is 57.0 cm³/mol. The summed E-state index contributed by atoms with van der Waals surface area (Å²) in [5.41, 5.74) is 0. The van der Waals surface area contributed by atoms with Crippen molar-refractivity contribution in [3.05, 3.63) is 0 Å². The molecule has 96 valence electrons. The summed E-state index contributed by atoms with van der Waals surface area (Å²) in [5.74, 6) is -0.741. The van der Waals surface area contributed by atoms with Crippen LogP contribution in [0.1, 0.15) is 13.8 Å². The fourth-order valence-corrected chi connectivity index (χ4v) is 0.692.